The van der Waals surface area contributed by atoms with Crippen LogP contribution in [0.4, 0.5) is 0 Å². The molecule has 0 rings (SSSR count). The number of hydrogen-bond donors (Lipinski definition) is 0. The Labute approximate surface area is 95.9 Å². The van der Waals surface area contributed by atoms with Gasteiger partial charge in [-0.1, -0.05) is 6.58 Å². The van der Waals surface area contributed by atoms with Gasteiger partial charge in [0.15, 0.2) is 0 Å². The highest BCUT2D eigenvalue weighted by Gasteiger charge is 2.24. The van der Waals surface area contributed by atoms with Crippen molar-refractivity contribution < 1.29 is 17.7 Å². The van der Waals surface area contributed by atoms with Gasteiger partial charge in [0.05, 0.1) is 0 Å². The molecule has 6 heteroatoms. The van der Waals surface area contributed by atoms with Crippen molar-refractivity contribution in [2.24, 2.45) is 0 Å². The molecule has 0 aliphatic heterocycles. The predicted molar refractivity (Wildman–Crippen MR) is 62.7 cm³/mol. The second kappa shape index (κ2) is 9.25. The van der Waals surface area contributed by atoms with E-state index in [2.05, 4.69) is 6.58 Å². The van der Waals surface area contributed by atoms with Crippen LogP contribution in [0.3, 0.4) is 0 Å². The first kappa shape index (κ1) is 15.0. The second-order valence-electron chi connectivity index (χ2n) is 2.71. The lowest BCUT2D eigenvalue weighted by molar-refractivity contribution is 0.237. The SMILES string of the molecule is C=C(C[Si](OC)OCC)[Si](OC)OCC. The molecule has 0 bridgehead atoms. The Kier molecular flexibility index (Phi) is 9.26. The van der Waals surface area contributed by atoms with Crippen molar-refractivity contribution in [2.75, 3.05) is 27.4 Å². The van der Waals surface area contributed by atoms with Crippen molar-refractivity contribution in [2.45, 2.75) is 19.9 Å². The van der Waals surface area contributed by atoms with Crippen molar-refractivity contribution in [1.29, 1.82) is 0 Å². The molecule has 0 aromatic carbocycles. The highest BCUT2D eigenvalue weighted by molar-refractivity contribution is 6.58. The fourth-order valence-electron chi connectivity index (χ4n) is 1.03. The number of rotatable bonds is 9. The largest absolute Gasteiger partial charge is 0.418 e. The van der Waals surface area contributed by atoms with E-state index in [-0.39, 0.29) is 0 Å². The van der Waals surface area contributed by atoms with Gasteiger partial charge in [-0.3, -0.25) is 0 Å². The van der Waals surface area contributed by atoms with E-state index in [1.165, 1.54) is 0 Å². The minimum atomic E-state index is -1.36. The summed E-state index contributed by atoms with van der Waals surface area (Å²) in [6, 6.07) is 0.719. The van der Waals surface area contributed by atoms with Crippen LogP contribution in [-0.4, -0.2) is 46.0 Å². The Hall–Kier alpha value is 0.0138. The van der Waals surface area contributed by atoms with Gasteiger partial charge < -0.3 is 17.7 Å². The van der Waals surface area contributed by atoms with Crippen LogP contribution in [0.5, 0.6) is 0 Å². The fourth-order valence-corrected chi connectivity index (χ4v) is 3.94. The summed E-state index contributed by atoms with van der Waals surface area (Å²) in [5.41, 5.74) is 0. The molecule has 4 nitrogen and oxygen atoms in total. The normalized spacial score (nSPS) is 11.3. The summed E-state index contributed by atoms with van der Waals surface area (Å²) >= 11 is 0. The van der Waals surface area contributed by atoms with Crippen molar-refractivity contribution >= 4 is 18.6 Å². The number of allylic oxidation sites excluding steroid dienone is 1. The summed E-state index contributed by atoms with van der Waals surface area (Å²) in [4.78, 5) is 0. The maximum atomic E-state index is 5.46. The van der Waals surface area contributed by atoms with Crippen LogP contribution in [-0.2, 0) is 17.7 Å². The van der Waals surface area contributed by atoms with Gasteiger partial charge in [-0.25, -0.2) is 0 Å². The zero-order valence-electron chi connectivity index (χ0n) is 9.96. The van der Waals surface area contributed by atoms with Crippen LogP contribution in [0.15, 0.2) is 11.8 Å². The third kappa shape index (κ3) is 6.23. The molecule has 0 unspecified atom stereocenters. The highest BCUT2D eigenvalue weighted by Crippen LogP contribution is 2.11. The average molecular weight is 248 g/mol. The molecule has 0 heterocycles. The minimum absolute atomic E-state index is 0.644. The van der Waals surface area contributed by atoms with Gasteiger partial charge in [0.2, 0.25) is 0 Å². The lowest BCUT2D eigenvalue weighted by Gasteiger charge is -2.17. The summed E-state index contributed by atoms with van der Waals surface area (Å²) in [6.45, 7) is 9.19. The van der Waals surface area contributed by atoms with Crippen LogP contribution in [0.2, 0.25) is 6.04 Å². The standard InChI is InChI=1S/C9H20O4Si2/c1-6-12-14(10-4)8-9(3)15(11-5)13-7-2/h3,6-8H2,1-2,4-5H3. The van der Waals surface area contributed by atoms with Crippen LogP contribution in [0.1, 0.15) is 13.8 Å². The van der Waals surface area contributed by atoms with Crippen LogP contribution >= 0.6 is 0 Å². The molecule has 0 aromatic heterocycles. The molecular formula is C9H20O4Si2. The van der Waals surface area contributed by atoms with Gasteiger partial charge in [-0.05, 0) is 19.0 Å². The van der Waals surface area contributed by atoms with Gasteiger partial charge in [-0.2, -0.15) is 0 Å². The Bertz CT molecular complexity index is 177. The van der Waals surface area contributed by atoms with Crippen molar-refractivity contribution in [3.05, 3.63) is 11.8 Å². The van der Waals surface area contributed by atoms with E-state index in [0.29, 0.717) is 13.2 Å². The zero-order valence-corrected chi connectivity index (χ0v) is 12.0. The first-order chi connectivity index (χ1) is 7.19. The maximum absolute atomic E-state index is 5.46. The molecule has 15 heavy (non-hydrogen) atoms. The molecular weight excluding hydrogens is 228 g/mol. The lowest BCUT2D eigenvalue weighted by atomic mass is 10.7. The molecule has 88 valence electrons. The van der Waals surface area contributed by atoms with Crippen LogP contribution < -0.4 is 0 Å². The van der Waals surface area contributed by atoms with Gasteiger partial charge in [0, 0.05) is 33.5 Å². The van der Waals surface area contributed by atoms with E-state index in [1.54, 1.807) is 14.2 Å². The van der Waals surface area contributed by atoms with E-state index < -0.39 is 18.6 Å². The monoisotopic (exact) mass is 248 g/mol. The Morgan fingerprint density at radius 2 is 1.67 bits per heavy atom. The van der Waals surface area contributed by atoms with E-state index >= 15 is 0 Å². The van der Waals surface area contributed by atoms with Crippen molar-refractivity contribution in [1.82, 2.24) is 0 Å². The van der Waals surface area contributed by atoms with E-state index in [0.717, 1.165) is 11.2 Å². The molecule has 0 saturated heterocycles. The van der Waals surface area contributed by atoms with Crippen molar-refractivity contribution in [3.63, 3.8) is 0 Å². The lowest BCUT2D eigenvalue weighted by Crippen LogP contribution is -2.29. The summed E-state index contributed by atoms with van der Waals surface area (Å²) in [5, 5.41) is 0.966. The van der Waals surface area contributed by atoms with E-state index in [9.17, 15) is 0 Å². The first-order valence-electron chi connectivity index (χ1n) is 4.94. The molecule has 0 N–H and O–H groups in total. The summed E-state index contributed by atoms with van der Waals surface area (Å²) in [5.74, 6) is 0. The molecule has 0 atom stereocenters. The topological polar surface area (TPSA) is 36.9 Å². The Balaban J connectivity index is 4.05. The Morgan fingerprint density at radius 1 is 1.07 bits per heavy atom. The molecule has 0 saturated carbocycles. The molecule has 0 amide bonds. The third-order valence-electron chi connectivity index (χ3n) is 1.64. The molecule has 2 radical (unpaired) electrons. The van der Waals surface area contributed by atoms with Gasteiger partial charge in [-0.15, -0.1) is 0 Å². The molecule has 0 aliphatic rings. The summed E-state index contributed by atoms with van der Waals surface area (Å²) < 4.78 is 21.4. The fraction of sp³-hybridized carbons (Fsp3) is 0.778. The highest BCUT2D eigenvalue weighted by atomic mass is 28.3. The third-order valence-corrected chi connectivity index (χ3v) is 5.45. The molecule has 0 aromatic rings. The minimum Gasteiger partial charge on any atom is -0.397 e. The quantitative estimate of drug-likeness (QED) is 0.578. The second-order valence-corrected chi connectivity index (χ2v) is 6.49. The maximum Gasteiger partial charge on any atom is 0.418 e. The van der Waals surface area contributed by atoms with Gasteiger partial charge in [0.1, 0.15) is 0 Å². The van der Waals surface area contributed by atoms with Crippen LogP contribution in [0.25, 0.3) is 0 Å². The smallest absolute Gasteiger partial charge is 0.397 e. The summed E-state index contributed by atoms with van der Waals surface area (Å²) in [7, 11) is 0.707. The average Bonchev–Trinajstić information content (AvgIpc) is 2.24. The zero-order chi connectivity index (χ0) is 11.7. The first-order valence-corrected chi connectivity index (χ1v) is 7.78. The van der Waals surface area contributed by atoms with Gasteiger partial charge in [0.25, 0.3) is 0 Å². The van der Waals surface area contributed by atoms with E-state index in [1.807, 2.05) is 13.8 Å². The molecule has 0 spiro atoms. The Morgan fingerprint density at radius 3 is 2.07 bits per heavy atom. The predicted octanol–water partition coefficient (Wildman–Crippen LogP) is 1.42. The number of hydrogen-bond acceptors (Lipinski definition) is 4. The van der Waals surface area contributed by atoms with E-state index in [4.69, 9.17) is 17.7 Å². The van der Waals surface area contributed by atoms with Crippen molar-refractivity contribution in [3.8, 4) is 0 Å². The molecule has 0 fully saturated rings. The van der Waals surface area contributed by atoms with Gasteiger partial charge >= 0.3 is 18.6 Å². The molecule has 0 aliphatic carbocycles. The summed E-state index contributed by atoms with van der Waals surface area (Å²) in [6.07, 6.45) is 0. The van der Waals surface area contributed by atoms with Crippen LogP contribution in [0, 0.1) is 0 Å².